The predicted octanol–water partition coefficient (Wildman–Crippen LogP) is 2.88. The number of likely N-dealkylation sites (tertiary alicyclic amines) is 1. The van der Waals surface area contributed by atoms with E-state index in [1.165, 1.54) is 18.3 Å². The van der Waals surface area contributed by atoms with Crippen LogP contribution in [-0.4, -0.2) is 52.2 Å². The van der Waals surface area contributed by atoms with E-state index >= 15 is 0 Å². The molecule has 1 saturated heterocycles. The lowest BCUT2D eigenvalue weighted by Gasteiger charge is -2.35. The number of hydrogen-bond donors (Lipinski definition) is 1. The Labute approximate surface area is 142 Å². The summed E-state index contributed by atoms with van der Waals surface area (Å²) in [6.07, 6.45) is -0.538. The molecule has 0 aliphatic carbocycles. The van der Waals surface area contributed by atoms with Crippen LogP contribution in [0, 0.1) is 0 Å². The summed E-state index contributed by atoms with van der Waals surface area (Å²) in [6, 6.07) is 2.40. The summed E-state index contributed by atoms with van der Waals surface area (Å²) in [4.78, 5) is 28.7. The Morgan fingerprint density at radius 3 is 2.80 bits per heavy atom. The summed E-state index contributed by atoms with van der Waals surface area (Å²) in [5, 5.41) is 8.83. The van der Waals surface area contributed by atoms with E-state index in [1.807, 2.05) is 0 Å². The highest BCUT2D eigenvalue weighted by Gasteiger charge is 2.30. The van der Waals surface area contributed by atoms with Crippen molar-refractivity contribution in [2.24, 2.45) is 0 Å². The van der Waals surface area contributed by atoms with E-state index in [9.17, 15) is 22.8 Å². The average molecular weight is 360 g/mol. The maximum atomic E-state index is 12.7. The van der Waals surface area contributed by atoms with E-state index in [4.69, 9.17) is 5.11 Å². The van der Waals surface area contributed by atoms with Gasteiger partial charge >= 0.3 is 12.1 Å². The topological polar surface area (TPSA) is 79.7 Å². The summed E-state index contributed by atoms with van der Waals surface area (Å²) in [5.41, 5.74) is 0.175. The highest BCUT2D eigenvalue weighted by molar-refractivity contribution is 5.94. The van der Waals surface area contributed by atoms with Crippen molar-refractivity contribution in [3.63, 3.8) is 0 Å². The lowest BCUT2D eigenvalue weighted by atomic mass is 9.97. The van der Waals surface area contributed by atoms with Gasteiger partial charge in [0.15, 0.2) is 6.61 Å². The molecule has 1 unspecified atom stereocenters. The normalized spacial score (nSPS) is 18.0. The van der Waals surface area contributed by atoms with Crippen molar-refractivity contribution in [2.75, 3.05) is 13.2 Å². The number of rotatable bonds is 6. The van der Waals surface area contributed by atoms with Gasteiger partial charge in [0.05, 0.1) is 0 Å². The van der Waals surface area contributed by atoms with Gasteiger partial charge in [0.25, 0.3) is 5.91 Å². The number of carbonyl (C=O) groups is 2. The summed E-state index contributed by atoms with van der Waals surface area (Å²) in [6.45, 7) is -0.993. The van der Waals surface area contributed by atoms with Crippen molar-refractivity contribution in [2.45, 2.75) is 44.3 Å². The van der Waals surface area contributed by atoms with E-state index < -0.39 is 18.8 Å². The fraction of sp³-hybridized carbons (Fsp3) is 0.562. The quantitative estimate of drug-likeness (QED) is 0.844. The van der Waals surface area contributed by atoms with E-state index in [1.54, 1.807) is 4.90 Å². The molecular weight excluding hydrogens is 341 g/mol. The van der Waals surface area contributed by atoms with Crippen LogP contribution in [0.3, 0.4) is 0 Å². The minimum Gasteiger partial charge on any atom is -0.481 e. The number of carboxylic acid groups (broad SMARTS) is 1. The molecule has 0 saturated carbocycles. The smallest absolute Gasteiger partial charge is 0.422 e. The van der Waals surface area contributed by atoms with Gasteiger partial charge in [0.1, 0.15) is 0 Å². The molecule has 1 fully saturated rings. The number of carbonyl (C=O) groups excluding carboxylic acids is 1. The highest BCUT2D eigenvalue weighted by Crippen LogP contribution is 2.24. The molecular formula is C16H19F3N2O4. The molecule has 0 aromatic carbocycles. The first-order chi connectivity index (χ1) is 11.8. The van der Waals surface area contributed by atoms with Crippen molar-refractivity contribution in [1.82, 2.24) is 9.88 Å². The summed E-state index contributed by atoms with van der Waals surface area (Å²) < 4.78 is 41.2. The third-order valence-corrected chi connectivity index (χ3v) is 3.94. The zero-order valence-electron chi connectivity index (χ0n) is 13.5. The first-order valence-electron chi connectivity index (χ1n) is 7.94. The van der Waals surface area contributed by atoms with Gasteiger partial charge in [-0.25, -0.2) is 4.98 Å². The van der Waals surface area contributed by atoms with Crippen LogP contribution in [0.1, 0.15) is 42.5 Å². The molecule has 6 nitrogen and oxygen atoms in total. The SMILES string of the molecule is O=C(O)CCC1CCCCN1C(=O)c1ccnc(OCC(F)(F)F)c1. The number of carboxylic acids is 1. The van der Waals surface area contributed by atoms with Crippen LogP contribution in [-0.2, 0) is 4.79 Å². The fourth-order valence-electron chi connectivity index (χ4n) is 2.80. The van der Waals surface area contributed by atoms with Gasteiger partial charge in [-0.1, -0.05) is 0 Å². The van der Waals surface area contributed by atoms with E-state index in [-0.39, 0.29) is 29.8 Å². The van der Waals surface area contributed by atoms with Crippen molar-refractivity contribution in [3.8, 4) is 5.88 Å². The van der Waals surface area contributed by atoms with E-state index in [0.29, 0.717) is 19.4 Å². The zero-order chi connectivity index (χ0) is 18.4. The molecule has 1 aliphatic rings. The van der Waals surface area contributed by atoms with Gasteiger partial charge in [0, 0.05) is 36.8 Å². The van der Waals surface area contributed by atoms with Crippen LogP contribution < -0.4 is 4.74 Å². The van der Waals surface area contributed by atoms with Crippen LogP contribution in [0.2, 0.25) is 0 Å². The van der Waals surface area contributed by atoms with Crippen LogP contribution in [0.25, 0.3) is 0 Å². The second kappa shape index (κ2) is 8.17. The molecule has 1 atom stereocenters. The van der Waals surface area contributed by atoms with Crippen LogP contribution in [0.4, 0.5) is 13.2 Å². The first-order valence-corrected chi connectivity index (χ1v) is 7.94. The molecule has 9 heteroatoms. The van der Waals surface area contributed by atoms with Crippen LogP contribution >= 0.6 is 0 Å². The molecule has 138 valence electrons. The summed E-state index contributed by atoms with van der Waals surface area (Å²) in [7, 11) is 0. The van der Waals surface area contributed by atoms with E-state index in [0.717, 1.165) is 12.8 Å². The Kier molecular flexibility index (Phi) is 6.22. The number of aliphatic carboxylic acids is 1. The van der Waals surface area contributed by atoms with Gasteiger partial charge in [-0.2, -0.15) is 13.2 Å². The Morgan fingerprint density at radius 2 is 2.12 bits per heavy atom. The Hall–Kier alpha value is -2.32. The number of ether oxygens (including phenoxy) is 1. The second-order valence-electron chi connectivity index (χ2n) is 5.87. The summed E-state index contributed by atoms with van der Waals surface area (Å²) >= 11 is 0. The standard InChI is InChI=1S/C16H19F3N2O4/c17-16(18,19)10-25-13-9-11(6-7-20-13)15(24)21-8-2-1-3-12(21)4-5-14(22)23/h6-7,9,12H,1-5,8,10H2,(H,22,23). The number of hydrogen-bond acceptors (Lipinski definition) is 4. The molecule has 2 heterocycles. The molecule has 0 bridgehead atoms. The number of alkyl halides is 3. The Morgan fingerprint density at radius 1 is 1.36 bits per heavy atom. The highest BCUT2D eigenvalue weighted by atomic mass is 19.4. The van der Waals surface area contributed by atoms with Crippen LogP contribution in [0.15, 0.2) is 18.3 Å². The van der Waals surface area contributed by atoms with Crippen molar-refractivity contribution in [3.05, 3.63) is 23.9 Å². The molecule has 1 aliphatic heterocycles. The first kappa shape index (κ1) is 19.0. The third kappa shape index (κ3) is 5.91. The molecule has 2 rings (SSSR count). The lowest BCUT2D eigenvalue weighted by molar-refractivity contribution is -0.154. The van der Waals surface area contributed by atoms with Gasteiger partial charge in [0.2, 0.25) is 5.88 Å². The lowest BCUT2D eigenvalue weighted by Crippen LogP contribution is -2.44. The van der Waals surface area contributed by atoms with Crippen molar-refractivity contribution < 1.29 is 32.6 Å². The van der Waals surface area contributed by atoms with Gasteiger partial charge in [-0.3, -0.25) is 9.59 Å². The second-order valence-corrected chi connectivity index (χ2v) is 5.87. The molecule has 1 aromatic rings. The number of amides is 1. The number of halogens is 3. The largest absolute Gasteiger partial charge is 0.481 e. The maximum Gasteiger partial charge on any atom is 0.422 e. The van der Waals surface area contributed by atoms with Gasteiger partial charge in [-0.05, 0) is 31.7 Å². The third-order valence-electron chi connectivity index (χ3n) is 3.94. The minimum absolute atomic E-state index is 0.0370. The van der Waals surface area contributed by atoms with E-state index in [2.05, 4.69) is 9.72 Å². The molecule has 1 amide bonds. The number of pyridine rings is 1. The molecule has 1 aromatic heterocycles. The van der Waals surface area contributed by atoms with Gasteiger partial charge in [-0.15, -0.1) is 0 Å². The number of aromatic nitrogens is 1. The number of nitrogens with zero attached hydrogens (tertiary/aromatic N) is 2. The Balaban J connectivity index is 2.08. The van der Waals surface area contributed by atoms with Crippen molar-refractivity contribution >= 4 is 11.9 Å². The predicted molar refractivity (Wildman–Crippen MR) is 81.3 cm³/mol. The zero-order valence-corrected chi connectivity index (χ0v) is 13.5. The maximum absolute atomic E-state index is 12.7. The monoisotopic (exact) mass is 360 g/mol. The minimum atomic E-state index is -4.49. The molecule has 0 spiro atoms. The van der Waals surface area contributed by atoms with Crippen molar-refractivity contribution in [1.29, 1.82) is 0 Å². The van der Waals surface area contributed by atoms with Crippen LogP contribution in [0.5, 0.6) is 5.88 Å². The Bertz CT molecular complexity index is 622. The molecule has 1 N–H and O–H groups in total. The van der Waals surface area contributed by atoms with Gasteiger partial charge < -0.3 is 14.7 Å². The number of piperidine rings is 1. The average Bonchev–Trinajstić information content (AvgIpc) is 2.57. The fourth-order valence-corrected chi connectivity index (χ4v) is 2.80. The summed E-state index contributed by atoms with van der Waals surface area (Å²) in [5.74, 6) is -1.55. The molecule has 25 heavy (non-hydrogen) atoms. The molecule has 0 radical (unpaired) electrons.